The number of methoxy groups -OCH3 is 1. The molecule has 6 rings (SSSR count). The number of hydrogen-bond acceptors (Lipinski definition) is 7. The Balaban J connectivity index is 1.27. The third kappa shape index (κ3) is 4.69. The summed E-state index contributed by atoms with van der Waals surface area (Å²) in [7, 11) is 1.52. The van der Waals surface area contributed by atoms with Crippen molar-refractivity contribution < 1.29 is 23.5 Å². The molecule has 1 atom stereocenters. The molecule has 39 heavy (non-hydrogen) atoms. The number of amides is 1. The Labute approximate surface area is 231 Å². The topological polar surface area (TPSA) is 90.7 Å². The number of carbonyl (C=O) groups is 2. The molecule has 0 bridgehead atoms. The normalized spacial score (nSPS) is 12.1. The minimum atomic E-state index is -1.10. The lowest BCUT2D eigenvalue weighted by Gasteiger charge is -2.16. The average Bonchev–Trinajstić information content (AvgIpc) is 3.54. The Kier molecular flexibility index (Phi) is 6.42. The number of esters is 1. The van der Waals surface area contributed by atoms with Crippen LogP contribution >= 0.6 is 22.9 Å². The standard InChI is InChI=1S/C30H21ClN2O5S/c1-16(29(34)33-22-15-25-19(14-26(22)36-2)18-8-4-6-10-24(18)38-25)37-30(35)20-13-23(27-11-12-28(31)39-27)32-21-9-5-3-7-17(20)21/h3-16H,1-2H3,(H,33,34)/t16-/m1/s1. The number of pyridine rings is 1. The van der Waals surface area contributed by atoms with E-state index in [-0.39, 0.29) is 0 Å². The number of para-hydroxylation sites is 2. The summed E-state index contributed by atoms with van der Waals surface area (Å²) in [4.78, 5) is 31.9. The van der Waals surface area contributed by atoms with Crippen LogP contribution in [0.3, 0.4) is 0 Å². The fourth-order valence-electron chi connectivity index (χ4n) is 4.45. The lowest BCUT2D eigenvalue weighted by Crippen LogP contribution is -2.30. The van der Waals surface area contributed by atoms with Gasteiger partial charge in [-0.25, -0.2) is 9.78 Å². The van der Waals surface area contributed by atoms with Gasteiger partial charge in [-0.05, 0) is 43.3 Å². The first-order valence-corrected chi connectivity index (χ1v) is 13.3. The van der Waals surface area contributed by atoms with E-state index in [0.29, 0.717) is 43.5 Å². The maximum Gasteiger partial charge on any atom is 0.339 e. The zero-order valence-electron chi connectivity index (χ0n) is 20.9. The van der Waals surface area contributed by atoms with Gasteiger partial charge in [-0.15, -0.1) is 11.3 Å². The summed E-state index contributed by atoms with van der Waals surface area (Å²) < 4.78 is 17.7. The highest BCUT2D eigenvalue weighted by atomic mass is 35.5. The Morgan fingerprint density at radius 2 is 1.72 bits per heavy atom. The van der Waals surface area contributed by atoms with Crippen LogP contribution in [0.4, 0.5) is 5.69 Å². The molecule has 1 amide bonds. The monoisotopic (exact) mass is 556 g/mol. The number of furan rings is 1. The summed E-state index contributed by atoms with van der Waals surface area (Å²) in [6.07, 6.45) is -1.10. The van der Waals surface area contributed by atoms with Gasteiger partial charge in [0.15, 0.2) is 6.10 Å². The maximum absolute atomic E-state index is 13.3. The number of anilines is 1. The summed E-state index contributed by atoms with van der Waals surface area (Å²) >= 11 is 7.48. The molecule has 0 spiro atoms. The van der Waals surface area contributed by atoms with Crippen molar-refractivity contribution in [1.82, 2.24) is 4.98 Å². The number of rotatable bonds is 6. The first-order chi connectivity index (χ1) is 18.9. The molecule has 0 unspecified atom stereocenters. The molecule has 0 saturated carbocycles. The highest BCUT2D eigenvalue weighted by Crippen LogP contribution is 2.37. The van der Waals surface area contributed by atoms with Crippen molar-refractivity contribution in [3.05, 3.63) is 88.8 Å². The van der Waals surface area contributed by atoms with Crippen molar-refractivity contribution in [3.63, 3.8) is 0 Å². The fourth-order valence-corrected chi connectivity index (χ4v) is 5.46. The van der Waals surface area contributed by atoms with Gasteiger partial charge < -0.3 is 19.2 Å². The van der Waals surface area contributed by atoms with Gasteiger partial charge in [-0.2, -0.15) is 0 Å². The minimum Gasteiger partial charge on any atom is -0.495 e. The average molecular weight is 557 g/mol. The van der Waals surface area contributed by atoms with Gasteiger partial charge in [0, 0.05) is 22.2 Å². The number of fused-ring (bicyclic) bond motifs is 4. The van der Waals surface area contributed by atoms with E-state index in [2.05, 4.69) is 10.3 Å². The molecule has 7 nitrogen and oxygen atoms in total. The van der Waals surface area contributed by atoms with Crippen LogP contribution in [0.2, 0.25) is 4.34 Å². The van der Waals surface area contributed by atoms with Gasteiger partial charge in [0.1, 0.15) is 16.9 Å². The van der Waals surface area contributed by atoms with Crippen molar-refractivity contribution in [1.29, 1.82) is 0 Å². The van der Waals surface area contributed by atoms with Crippen molar-refractivity contribution >= 4 is 73.3 Å². The van der Waals surface area contributed by atoms with Crippen LogP contribution in [0, 0.1) is 0 Å². The molecule has 9 heteroatoms. The molecule has 6 aromatic rings. The largest absolute Gasteiger partial charge is 0.495 e. The smallest absolute Gasteiger partial charge is 0.339 e. The molecule has 0 radical (unpaired) electrons. The zero-order valence-corrected chi connectivity index (χ0v) is 22.4. The summed E-state index contributed by atoms with van der Waals surface area (Å²) in [6, 6.07) is 23.7. The van der Waals surface area contributed by atoms with Crippen molar-refractivity contribution in [3.8, 4) is 16.3 Å². The van der Waals surface area contributed by atoms with Crippen molar-refractivity contribution in [2.75, 3.05) is 12.4 Å². The molecule has 0 fully saturated rings. The Morgan fingerprint density at radius 3 is 2.49 bits per heavy atom. The van der Waals surface area contributed by atoms with E-state index in [9.17, 15) is 9.59 Å². The number of aromatic nitrogens is 1. The highest BCUT2D eigenvalue weighted by Gasteiger charge is 2.23. The lowest BCUT2D eigenvalue weighted by molar-refractivity contribution is -0.123. The Morgan fingerprint density at radius 1 is 0.949 bits per heavy atom. The number of nitrogens with zero attached hydrogens (tertiary/aromatic N) is 1. The minimum absolute atomic E-state index is 0.307. The van der Waals surface area contributed by atoms with Crippen LogP contribution in [0.5, 0.6) is 5.75 Å². The van der Waals surface area contributed by atoms with Crippen LogP contribution in [-0.2, 0) is 9.53 Å². The van der Waals surface area contributed by atoms with E-state index in [1.54, 1.807) is 24.3 Å². The molecule has 0 aliphatic heterocycles. The summed E-state index contributed by atoms with van der Waals surface area (Å²) in [5, 5.41) is 5.24. The maximum atomic E-state index is 13.3. The van der Waals surface area contributed by atoms with Crippen LogP contribution in [-0.4, -0.2) is 30.1 Å². The van der Waals surface area contributed by atoms with E-state index in [4.69, 9.17) is 25.5 Å². The van der Waals surface area contributed by atoms with Crippen molar-refractivity contribution in [2.45, 2.75) is 13.0 Å². The third-order valence-electron chi connectivity index (χ3n) is 6.37. The van der Waals surface area contributed by atoms with Crippen LogP contribution in [0.1, 0.15) is 17.3 Å². The SMILES string of the molecule is COc1cc2c(cc1NC(=O)[C@@H](C)OC(=O)c1cc(-c3ccc(Cl)s3)nc3ccccc13)oc1ccccc12. The number of thiophene rings is 1. The molecule has 0 saturated heterocycles. The van der Waals surface area contributed by atoms with E-state index in [1.165, 1.54) is 25.4 Å². The molecular formula is C30H21ClN2O5S. The predicted octanol–water partition coefficient (Wildman–Crippen LogP) is 7.71. The molecule has 194 valence electrons. The Bertz CT molecular complexity index is 1890. The van der Waals surface area contributed by atoms with Gasteiger partial charge in [-0.1, -0.05) is 48.0 Å². The van der Waals surface area contributed by atoms with Gasteiger partial charge in [0.2, 0.25) is 0 Å². The summed E-state index contributed by atoms with van der Waals surface area (Å²) in [6.45, 7) is 1.52. The number of hydrogen-bond donors (Lipinski definition) is 1. The third-order valence-corrected chi connectivity index (χ3v) is 7.63. The first kappa shape index (κ1) is 24.9. The first-order valence-electron chi connectivity index (χ1n) is 12.1. The van der Waals surface area contributed by atoms with Gasteiger partial charge in [0.05, 0.1) is 38.8 Å². The second-order valence-corrected chi connectivity index (χ2v) is 10.6. The number of benzene rings is 3. The zero-order chi connectivity index (χ0) is 27.1. The lowest BCUT2D eigenvalue weighted by atomic mass is 10.1. The van der Waals surface area contributed by atoms with Gasteiger partial charge >= 0.3 is 5.97 Å². The Hall–Kier alpha value is -4.40. The van der Waals surface area contributed by atoms with E-state index in [1.807, 2.05) is 54.6 Å². The molecule has 3 aromatic heterocycles. The van der Waals surface area contributed by atoms with E-state index >= 15 is 0 Å². The van der Waals surface area contributed by atoms with Crippen LogP contribution in [0.25, 0.3) is 43.4 Å². The molecule has 3 heterocycles. The summed E-state index contributed by atoms with van der Waals surface area (Å²) in [5.41, 5.74) is 3.27. The van der Waals surface area contributed by atoms with Crippen LogP contribution < -0.4 is 10.1 Å². The van der Waals surface area contributed by atoms with Gasteiger partial charge in [0.25, 0.3) is 5.91 Å². The van der Waals surface area contributed by atoms with Crippen molar-refractivity contribution in [2.24, 2.45) is 0 Å². The molecular weight excluding hydrogens is 536 g/mol. The van der Waals surface area contributed by atoms with Gasteiger partial charge in [-0.3, -0.25) is 4.79 Å². The number of nitrogens with one attached hydrogen (secondary N) is 1. The van der Waals surface area contributed by atoms with Crippen LogP contribution in [0.15, 0.2) is 83.3 Å². The molecule has 3 aromatic carbocycles. The molecule has 0 aliphatic carbocycles. The fraction of sp³-hybridized carbons (Fsp3) is 0.100. The van der Waals surface area contributed by atoms with E-state index in [0.717, 1.165) is 21.2 Å². The highest BCUT2D eigenvalue weighted by molar-refractivity contribution is 7.19. The molecule has 1 N–H and O–H groups in total. The number of carbonyl (C=O) groups excluding carboxylic acids is 2. The second-order valence-electron chi connectivity index (χ2n) is 8.86. The number of halogens is 1. The summed E-state index contributed by atoms with van der Waals surface area (Å²) in [5.74, 6) is -0.694. The predicted molar refractivity (Wildman–Crippen MR) is 154 cm³/mol. The number of ether oxygens (including phenoxy) is 2. The quantitative estimate of drug-likeness (QED) is 0.211. The molecule has 0 aliphatic rings. The second kappa shape index (κ2) is 10.1. The van der Waals surface area contributed by atoms with E-state index < -0.39 is 18.0 Å².